The Morgan fingerprint density at radius 2 is 1.10 bits per heavy atom. The van der Waals surface area contributed by atoms with Crippen LogP contribution in [0.2, 0.25) is 0 Å². The zero-order chi connectivity index (χ0) is 31.4. The standard InChI is InChI=1S/C26H30N4O12/c1-7-19(25(31)39-5)41-23-15(9-17(29(33)34)11-21(23)37-3)13-27-28-14-16-10-18(30(35)36)12-22(38-4)24(16)42-20(8-2)26(32)40-6/h9-14,19-20H,7-8H2,1-6H3/b27-13+,28-14+. The van der Waals surface area contributed by atoms with E-state index in [4.69, 9.17) is 28.4 Å². The maximum absolute atomic E-state index is 12.1. The first-order valence-electron chi connectivity index (χ1n) is 12.3. The molecule has 0 aliphatic heterocycles. The number of benzene rings is 2. The van der Waals surface area contributed by atoms with E-state index < -0.39 is 34.0 Å². The molecule has 226 valence electrons. The number of esters is 2. The average Bonchev–Trinajstić information content (AvgIpc) is 2.99. The number of nitro benzene ring substituents is 2. The number of ether oxygens (including phenoxy) is 6. The van der Waals surface area contributed by atoms with Crippen molar-refractivity contribution in [1.82, 2.24) is 0 Å². The Labute approximate surface area is 240 Å². The zero-order valence-corrected chi connectivity index (χ0v) is 23.7. The van der Waals surface area contributed by atoms with Gasteiger partial charge in [-0.25, -0.2) is 9.59 Å². The fourth-order valence-corrected chi connectivity index (χ4v) is 3.51. The molecule has 2 rings (SSSR count). The topological polar surface area (TPSA) is 201 Å². The van der Waals surface area contributed by atoms with Gasteiger partial charge in [0.05, 0.1) is 62.8 Å². The van der Waals surface area contributed by atoms with E-state index in [0.29, 0.717) is 0 Å². The lowest BCUT2D eigenvalue weighted by atomic mass is 10.1. The van der Waals surface area contributed by atoms with Gasteiger partial charge >= 0.3 is 11.9 Å². The monoisotopic (exact) mass is 590 g/mol. The minimum Gasteiger partial charge on any atom is -0.493 e. The van der Waals surface area contributed by atoms with Crippen LogP contribution in [-0.4, -0.2) is 74.9 Å². The van der Waals surface area contributed by atoms with Gasteiger partial charge in [-0.3, -0.25) is 20.2 Å². The number of hydrogen-bond donors (Lipinski definition) is 0. The number of methoxy groups -OCH3 is 4. The first kappa shape index (κ1) is 32.9. The molecule has 0 aromatic heterocycles. The van der Waals surface area contributed by atoms with Crippen LogP contribution in [0.5, 0.6) is 23.0 Å². The van der Waals surface area contributed by atoms with Crippen molar-refractivity contribution < 1.29 is 47.9 Å². The Balaban J connectivity index is 2.61. The van der Waals surface area contributed by atoms with Crippen LogP contribution in [-0.2, 0) is 19.1 Å². The highest BCUT2D eigenvalue weighted by molar-refractivity contribution is 5.90. The quantitative estimate of drug-likeness (QED) is 0.126. The lowest BCUT2D eigenvalue weighted by molar-refractivity contribution is -0.385. The molecule has 0 N–H and O–H groups in total. The minimum absolute atomic E-state index is 0.0328. The van der Waals surface area contributed by atoms with Crippen LogP contribution in [0.1, 0.15) is 37.8 Å². The molecule has 0 bridgehead atoms. The zero-order valence-electron chi connectivity index (χ0n) is 23.7. The van der Waals surface area contributed by atoms with E-state index in [-0.39, 0.29) is 58.3 Å². The van der Waals surface area contributed by atoms with Gasteiger partial charge in [0.1, 0.15) is 0 Å². The SMILES string of the molecule is CCC(Oc1c(/C=N/N=C/c2cc([N+](=O)[O-])cc(OC)c2OC(CC)C(=O)OC)cc([N+](=O)[O-])cc1OC)C(=O)OC. The molecule has 0 fully saturated rings. The molecular weight excluding hydrogens is 560 g/mol. The van der Waals surface area contributed by atoms with E-state index in [1.54, 1.807) is 13.8 Å². The van der Waals surface area contributed by atoms with Crippen LogP contribution in [0.4, 0.5) is 11.4 Å². The van der Waals surface area contributed by atoms with Gasteiger partial charge in [-0.15, -0.1) is 0 Å². The normalized spacial score (nSPS) is 12.4. The number of carbonyl (C=O) groups excluding carboxylic acids is 2. The first-order valence-corrected chi connectivity index (χ1v) is 12.3. The molecule has 2 atom stereocenters. The largest absolute Gasteiger partial charge is 0.493 e. The molecule has 16 nitrogen and oxygen atoms in total. The summed E-state index contributed by atoms with van der Waals surface area (Å²) in [5.41, 5.74) is -0.651. The smallest absolute Gasteiger partial charge is 0.347 e. The summed E-state index contributed by atoms with van der Waals surface area (Å²) < 4.78 is 31.5. The van der Waals surface area contributed by atoms with Gasteiger partial charge in [-0.1, -0.05) is 13.8 Å². The Kier molecular flexibility index (Phi) is 12.1. The van der Waals surface area contributed by atoms with Crippen LogP contribution in [0, 0.1) is 20.2 Å². The van der Waals surface area contributed by atoms with Crippen molar-refractivity contribution in [1.29, 1.82) is 0 Å². The van der Waals surface area contributed by atoms with Crippen molar-refractivity contribution >= 4 is 35.7 Å². The highest BCUT2D eigenvalue weighted by Crippen LogP contribution is 2.37. The fraction of sp³-hybridized carbons (Fsp3) is 0.385. The summed E-state index contributed by atoms with van der Waals surface area (Å²) in [7, 11) is 4.90. The van der Waals surface area contributed by atoms with Crippen molar-refractivity contribution in [3.05, 3.63) is 55.6 Å². The Hall–Kier alpha value is -5.28. The average molecular weight is 591 g/mol. The number of hydrogen-bond acceptors (Lipinski definition) is 14. The number of nitrogens with zero attached hydrogens (tertiary/aromatic N) is 4. The van der Waals surface area contributed by atoms with Crippen LogP contribution in [0.3, 0.4) is 0 Å². The van der Waals surface area contributed by atoms with Crippen LogP contribution >= 0.6 is 0 Å². The van der Waals surface area contributed by atoms with Crippen LogP contribution < -0.4 is 18.9 Å². The molecule has 0 aliphatic rings. The lowest BCUT2D eigenvalue weighted by Gasteiger charge is -2.19. The summed E-state index contributed by atoms with van der Waals surface area (Å²) in [4.78, 5) is 45.9. The van der Waals surface area contributed by atoms with Gasteiger partial charge in [-0.05, 0) is 12.8 Å². The summed E-state index contributed by atoms with van der Waals surface area (Å²) in [6.45, 7) is 3.35. The molecule has 42 heavy (non-hydrogen) atoms. The number of carbonyl (C=O) groups is 2. The summed E-state index contributed by atoms with van der Waals surface area (Å²) in [5.74, 6) is -1.53. The summed E-state index contributed by atoms with van der Waals surface area (Å²) in [6.07, 6.45) is 0.513. The second kappa shape index (κ2) is 15.5. The Bertz CT molecular complexity index is 1270. The molecule has 0 aliphatic carbocycles. The molecule has 0 amide bonds. The van der Waals surface area contributed by atoms with E-state index in [2.05, 4.69) is 10.2 Å². The van der Waals surface area contributed by atoms with Gasteiger partial charge in [-0.2, -0.15) is 10.2 Å². The van der Waals surface area contributed by atoms with Gasteiger partial charge in [0.15, 0.2) is 35.2 Å². The molecule has 0 saturated heterocycles. The van der Waals surface area contributed by atoms with E-state index in [1.165, 1.54) is 28.4 Å². The van der Waals surface area contributed by atoms with E-state index in [9.17, 15) is 29.8 Å². The minimum atomic E-state index is -1.06. The Morgan fingerprint density at radius 3 is 1.36 bits per heavy atom. The van der Waals surface area contributed by atoms with Gasteiger partial charge in [0.25, 0.3) is 11.4 Å². The first-order chi connectivity index (χ1) is 20.0. The van der Waals surface area contributed by atoms with E-state index in [1.807, 2.05) is 0 Å². The molecule has 0 saturated carbocycles. The number of rotatable bonds is 15. The highest BCUT2D eigenvalue weighted by Gasteiger charge is 2.26. The van der Waals surface area contributed by atoms with Crippen LogP contribution in [0.25, 0.3) is 0 Å². The molecule has 0 radical (unpaired) electrons. The highest BCUT2D eigenvalue weighted by atomic mass is 16.6. The lowest BCUT2D eigenvalue weighted by Crippen LogP contribution is -2.28. The molecule has 2 aromatic carbocycles. The Morgan fingerprint density at radius 1 is 0.738 bits per heavy atom. The third-order valence-electron chi connectivity index (χ3n) is 5.65. The van der Waals surface area contributed by atoms with Gasteiger partial charge in [0, 0.05) is 23.3 Å². The van der Waals surface area contributed by atoms with Crippen molar-refractivity contribution in [2.45, 2.75) is 38.9 Å². The van der Waals surface area contributed by atoms with E-state index >= 15 is 0 Å². The fourth-order valence-electron chi connectivity index (χ4n) is 3.51. The van der Waals surface area contributed by atoms with E-state index in [0.717, 1.165) is 36.7 Å². The second-order valence-electron chi connectivity index (χ2n) is 8.21. The van der Waals surface area contributed by atoms with Crippen molar-refractivity contribution in [3.8, 4) is 23.0 Å². The summed E-state index contributed by atoms with van der Waals surface area (Å²) in [5, 5.41) is 30.8. The van der Waals surface area contributed by atoms with Gasteiger partial charge in [0.2, 0.25) is 0 Å². The van der Waals surface area contributed by atoms with Crippen molar-refractivity contribution in [3.63, 3.8) is 0 Å². The third-order valence-corrected chi connectivity index (χ3v) is 5.65. The maximum Gasteiger partial charge on any atom is 0.347 e. The molecule has 2 aromatic rings. The maximum atomic E-state index is 12.1. The number of nitro groups is 2. The molecule has 0 heterocycles. The van der Waals surface area contributed by atoms with Crippen molar-refractivity contribution in [2.75, 3.05) is 28.4 Å². The predicted molar refractivity (Wildman–Crippen MR) is 148 cm³/mol. The molecule has 0 spiro atoms. The molecule has 2 unspecified atom stereocenters. The predicted octanol–water partition coefficient (Wildman–Crippen LogP) is 3.63. The van der Waals surface area contributed by atoms with Crippen LogP contribution in [0.15, 0.2) is 34.5 Å². The summed E-state index contributed by atoms with van der Waals surface area (Å²) >= 11 is 0. The second-order valence-corrected chi connectivity index (χ2v) is 8.21. The summed E-state index contributed by atoms with van der Waals surface area (Å²) in [6, 6.07) is 4.50. The van der Waals surface area contributed by atoms with Gasteiger partial charge < -0.3 is 28.4 Å². The van der Waals surface area contributed by atoms with Crippen molar-refractivity contribution in [2.24, 2.45) is 10.2 Å². The molecule has 16 heteroatoms. The number of non-ortho nitro benzene ring substituents is 2. The third kappa shape index (κ3) is 8.12. The molecular formula is C26H30N4O12.